The number of hydrogen-bond donors (Lipinski definition) is 1. The molecule has 0 amide bonds. The van der Waals surface area contributed by atoms with Gasteiger partial charge < -0.3 is 5.11 Å². The zero-order valence-electron chi connectivity index (χ0n) is 11.0. The fourth-order valence-corrected chi connectivity index (χ4v) is 2.03. The minimum absolute atomic E-state index is 0.281. The average molecular weight is 220 g/mol. The number of aryl methyl sites for hydroxylation is 1. The lowest BCUT2D eigenvalue weighted by Gasteiger charge is -2.16. The molecule has 1 nitrogen and oxygen atoms in total. The van der Waals surface area contributed by atoms with Crippen LogP contribution in [0.15, 0.2) is 18.2 Å². The SMILES string of the molecule is CC(C)c1ccc(C(C)C)c(CCCO)c1. The van der Waals surface area contributed by atoms with E-state index in [1.807, 2.05) is 0 Å². The second-order valence-corrected chi connectivity index (χ2v) is 5.09. The van der Waals surface area contributed by atoms with Crippen molar-refractivity contribution in [2.45, 2.75) is 52.4 Å². The third-order valence-electron chi connectivity index (χ3n) is 3.06. The summed E-state index contributed by atoms with van der Waals surface area (Å²) in [5.41, 5.74) is 4.24. The Morgan fingerprint density at radius 2 is 1.75 bits per heavy atom. The molecular weight excluding hydrogens is 196 g/mol. The Kier molecular flexibility index (Phi) is 5.01. The fraction of sp³-hybridized carbons (Fsp3) is 0.600. The number of hydrogen-bond acceptors (Lipinski definition) is 1. The summed E-state index contributed by atoms with van der Waals surface area (Å²) in [4.78, 5) is 0. The van der Waals surface area contributed by atoms with Gasteiger partial charge in [0, 0.05) is 6.61 Å². The van der Waals surface area contributed by atoms with Gasteiger partial charge in [-0.1, -0.05) is 45.9 Å². The van der Waals surface area contributed by atoms with Crippen LogP contribution in [-0.2, 0) is 6.42 Å². The standard InChI is InChI=1S/C15H24O/c1-11(2)13-7-8-15(12(3)4)14(10-13)6-5-9-16/h7-8,10-12,16H,5-6,9H2,1-4H3. The van der Waals surface area contributed by atoms with Crippen LogP contribution in [0.4, 0.5) is 0 Å². The molecule has 1 aromatic rings. The van der Waals surface area contributed by atoms with E-state index in [0.717, 1.165) is 12.8 Å². The molecule has 0 aliphatic carbocycles. The summed E-state index contributed by atoms with van der Waals surface area (Å²) < 4.78 is 0. The summed E-state index contributed by atoms with van der Waals surface area (Å²) in [6, 6.07) is 6.81. The summed E-state index contributed by atoms with van der Waals surface area (Å²) in [6.07, 6.45) is 1.85. The van der Waals surface area contributed by atoms with Crippen LogP contribution < -0.4 is 0 Å². The molecule has 1 aromatic carbocycles. The van der Waals surface area contributed by atoms with E-state index in [4.69, 9.17) is 5.11 Å². The van der Waals surface area contributed by atoms with E-state index >= 15 is 0 Å². The molecule has 0 aliphatic rings. The van der Waals surface area contributed by atoms with E-state index in [-0.39, 0.29) is 6.61 Å². The van der Waals surface area contributed by atoms with Crippen molar-refractivity contribution in [3.05, 3.63) is 34.9 Å². The molecule has 0 atom stereocenters. The second kappa shape index (κ2) is 6.05. The van der Waals surface area contributed by atoms with Gasteiger partial charge in [0.25, 0.3) is 0 Å². The molecule has 0 aromatic heterocycles. The number of benzene rings is 1. The number of aliphatic hydroxyl groups is 1. The molecule has 0 spiro atoms. The van der Waals surface area contributed by atoms with E-state index in [1.54, 1.807) is 0 Å². The molecule has 0 heterocycles. The molecule has 1 heteroatoms. The molecular formula is C15H24O. The molecule has 0 bridgehead atoms. The van der Waals surface area contributed by atoms with Crippen LogP contribution in [0.1, 0.15) is 62.6 Å². The Labute approximate surface area is 99.5 Å². The van der Waals surface area contributed by atoms with Crippen molar-refractivity contribution >= 4 is 0 Å². The molecule has 0 radical (unpaired) electrons. The van der Waals surface area contributed by atoms with Crippen LogP contribution in [-0.4, -0.2) is 11.7 Å². The average Bonchev–Trinajstić information content (AvgIpc) is 2.25. The lowest BCUT2D eigenvalue weighted by Crippen LogP contribution is -2.00. The Bertz CT molecular complexity index is 326. The van der Waals surface area contributed by atoms with E-state index in [0.29, 0.717) is 11.8 Å². The van der Waals surface area contributed by atoms with Gasteiger partial charge in [0.2, 0.25) is 0 Å². The topological polar surface area (TPSA) is 20.2 Å². The van der Waals surface area contributed by atoms with Crippen molar-refractivity contribution in [2.75, 3.05) is 6.61 Å². The van der Waals surface area contributed by atoms with Crippen molar-refractivity contribution in [1.29, 1.82) is 0 Å². The van der Waals surface area contributed by atoms with Crippen molar-refractivity contribution in [3.8, 4) is 0 Å². The first kappa shape index (κ1) is 13.2. The maximum Gasteiger partial charge on any atom is 0.0434 e. The van der Waals surface area contributed by atoms with E-state index in [2.05, 4.69) is 45.9 Å². The maximum atomic E-state index is 8.94. The molecule has 0 aliphatic heterocycles. The zero-order chi connectivity index (χ0) is 12.1. The highest BCUT2D eigenvalue weighted by atomic mass is 16.2. The van der Waals surface area contributed by atoms with Crippen LogP contribution in [0.2, 0.25) is 0 Å². The minimum atomic E-state index is 0.281. The van der Waals surface area contributed by atoms with Gasteiger partial charge in [0.05, 0.1) is 0 Å². The minimum Gasteiger partial charge on any atom is -0.396 e. The molecule has 16 heavy (non-hydrogen) atoms. The zero-order valence-corrected chi connectivity index (χ0v) is 11.0. The highest BCUT2D eigenvalue weighted by Gasteiger charge is 2.08. The maximum absolute atomic E-state index is 8.94. The highest BCUT2D eigenvalue weighted by molar-refractivity contribution is 5.35. The highest BCUT2D eigenvalue weighted by Crippen LogP contribution is 2.25. The van der Waals surface area contributed by atoms with Crippen molar-refractivity contribution < 1.29 is 5.11 Å². The molecule has 90 valence electrons. The van der Waals surface area contributed by atoms with Crippen molar-refractivity contribution in [2.24, 2.45) is 0 Å². The quantitative estimate of drug-likeness (QED) is 0.799. The van der Waals surface area contributed by atoms with E-state index in [1.165, 1.54) is 16.7 Å². The van der Waals surface area contributed by atoms with Crippen LogP contribution in [0.25, 0.3) is 0 Å². The van der Waals surface area contributed by atoms with Gasteiger partial charge in [0.15, 0.2) is 0 Å². The molecule has 0 fully saturated rings. The normalized spacial score (nSPS) is 11.4. The number of aliphatic hydroxyl groups excluding tert-OH is 1. The Balaban J connectivity index is 3.01. The summed E-state index contributed by atoms with van der Waals surface area (Å²) in [5, 5.41) is 8.94. The largest absolute Gasteiger partial charge is 0.396 e. The van der Waals surface area contributed by atoms with Gasteiger partial charge in [-0.3, -0.25) is 0 Å². The lowest BCUT2D eigenvalue weighted by molar-refractivity contribution is 0.288. The predicted octanol–water partition coefficient (Wildman–Crippen LogP) is 3.86. The van der Waals surface area contributed by atoms with Crippen molar-refractivity contribution in [1.82, 2.24) is 0 Å². The van der Waals surface area contributed by atoms with Gasteiger partial charge in [-0.15, -0.1) is 0 Å². The van der Waals surface area contributed by atoms with Crippen LogP contribution in [0.5, 0.6) is 0 Å². The van der Waals surface area contributed by atoms with Crippen molar-refractivity contribution in [3.63, 3.8) is 0 Å². The molecule has 0 saturated carbocycles. The third-order valence-corrected chi connectivity index (χ3v) is 3.06. The Morgan fingerprint density at radius 3 is 2.25 bits per heavy atom. The molecule has 0 saturated heterocycles. The van der Waals surface area contributed by atoms with Gasteiger partial charge in [0.1, 0.15) is 0 Å². The van der Waals surface area contributed by atoms with Gasteiger partial charge in [-0.05, 0) is 41.4 Å². The Morgan fingerprint density at radius 1 is 1.06 bits per heavy atom. The van der Waals surface area contributed by atoms with Gasteiger partial charge in [-0.25, -0.2) is 0 Å². The summed E-state index contributed by atoms with van der Waals surface area (Å²) in [7, 11) is 0. The third kappa shape index (κ3) is 3.34. The van der Waals surface area contributed by atoms with E-state index < -0.39 is 0 Å². The second-order valence-electron chi connectivity index (χ2n) is 5.09. The van der Waals surface area contributed by atoms with Crippen LogP contribution in [0, 0.1) is 0 Å². The summed E-state index contributed by atoms with van der Waals surface area (Å²) >= 11 is 0. The van der Waals surface area contributed by atoms with Gasteiger partial charge in [-0.2, -0.15) is 0 Å². The van der Waals surface area contributed by atoms with Crippen LogP contribution in [0.3, 0.4) is 0 Å². The van der Waals surface area contributed by atoms with Gasteiger partial charge >= 0.3 is 0 Å². The monoisotopic (exact) mass is 220 g/mol. The fourth-order valence-electron chi connectivity index (χ4n) is 2.03. The van der Waals surface area contributed by atoms with Crippen LogP contribution >= 0.6 is 0 Å². The Hall–Kier alpha value is -0.820. The first-order chi connectivity index (χ1) is 7.56. The molecule has 0 unspecified atom stereocenters. The predicted molar refractivity (Wildman–Crippen MR) is 70.0 cm³/mol. The summed E-state index contributed by atoms with van der Waals surface area (Å²) in [5.74, 6) is 1.14. The van der Waals surface area contributed by atoms with E-state index in [9.17, 15) is 0 Å². The summed E-state index contributed by atoms with van der Waals surface area (Å²) in [6.45, 7) is 9.18. The molecule has 1 rings (SSSR count). The number of rotatable bonds is 5. The first-order valence-electron chi connectivity index (χ1n) is 6.29. The first-order valence-corrected chi connectivity index (χ1v) is 6.29. The lowest BCUT2D eigenvalue weighted by atomic mass is 9.90. The molecule has 1 N–H and O–H groups in total. The smallest absolute Gasteiger partial charge is 0.0434 e.